The average molecular weight is 518 g/mol. The van der Waals surface area contributed by atoms with Gasteiger partial charge in [0.05, 0.1) is 5.69 Å². The highest BCUT2D eigenvalue weighted by atomic mass is 79.9. The fourth-order valence-corrected chi connectivity index (χ4v) is 7.27. The maximum atomic E-state index is 13.8. The van der Waals surface area contributed by atoms with E-state index in [4.69, 9.17) is 0 Å². The molecule has 0 bridgehead atoms. The number of sulfonamides is 1. The van der Waals surface area contributed by atoms with E-state index in [9.17, 15) is 13.2 Å². The summed E-state index contributed by atoms with van der Waals surface area (Å²) in [6.45, 7) is 6.14. The third-order valence-corrected chi connectivity index (χ3v) is 9.10. The Morgan fingerprint density at radius 3 is 2.44 bits per heavy atom. The highest BCUT2D eigenvalue weighted by Gasteiger charge is 2.41. The molecule has 0 unspecified atom stereocenters. The van der Waals surface area contributed by atoms with E-state index in [-0.39, 0.29) is 22.8 Å². The zero-order valence-electron chi connectivity index (χ0n) is 18.4. The lowest BCUT2D eigenvalue weighted by Gasteiger charge is -2.41. The number of anilines is 2. The molecule has 8 heteroatoms. The van der Waals surface area contributed by atoms with E-state index >= 15 is 0 Å². The smallest absolute Gasteiger partial charge is 0.245 e. The molecule has 2 aliphatic heterocycles. The molecule has 0 aromatic heterocycles. The summed E-state index contributed by atoms with van der Waals surface area (Å²) in [5.74, 6) is 0.123. The second-order valence-corrected chi connectivity index (χ2v) is 12.0. The minimum absolute atomic E-state index is 0.0469. The molecule has 32 heavy (non-hydrogen) atoms. The van der Waals surface area contributed by atoms with Crippen molar-refractivity contribution in [3.8, 4) is 0 Å². The van der Waals surface area contributed by atoms with Crippen LogP contribution < -0.4 is 9.80 Å². The Hall–Kier alpha value is -1.90. The van der Waals surface area contributed by atoms with E-state index in [2.05, 4.69) is 58.9 Å². The lowest BCUT2D eigenvalue weighted by Crippen LogP contribution is -2.53. The number of benzene rings is 2. The fraction of sp³-hybridized carbons (Fsp3) is 0.458. The molecule has 6 nitrogen and oxygen atoms in total. The van der Waals surface area contributed by atoms with Crippen molar-refractivity contribution in [1.29, 1.82) is 0 Å². The summed E-state index contributed by atoms with van der Waals surface area (Å²) in [6.07, 6.45) is 2.50. The molecular formula is C24H28BrN3O3S. The van der Waals surface area contributed by atoms with Crippen molar-refractivity contribution < 1.29 is 13.2 Å². The number of piperazine rings is 1. The first-order valence-electron chi connectivity index (χ1n) is 11.2. The summed E-state index contributed by atoms with van der Waals surface area (Å²) in [5.41, 5.74) is 3.85. The van der Waals surface area contributed by atoms with Crippen molar-refractivity contribution in [2.75, 3.05) is 36.0 Å². The third kappa shape index (κ3) is 3.86. The zero-order chi connectivity index (χ0) is 22.6. The molecule has 1 atom stereocenters. The minimum atomic E-state index is -3.74. The van der Waals surface area contributed by atoms with E-state index in [1.165, 1.54) is 5.56 Å². The van der Waals surface area contributed by atoms with Gasteiger partial charge in [0, 0.05) is 48.3 Å². The van der Waals surface area contributed by atoms with Crippen molar-refractivity contribution in [3.05, 3.63) is 52.0 Å². The van der Waals surface area contributed by atoms with Gasteiger partial charge in [-0.3, -0.25) is 4.79 Å². The summed E-state index contributed by atoms with van der Waals surface area (Å²) >= 11 is 3.49. The lowest BCUT2D eigenvalue weighted by molar-refractivity contribution is -0.119. The van der Waals surface area contributed by atoms with Crippen molar-refractivity contribution in [1.82, 2.24) is 4.31 Å². The summed E-state index contributed by atoms with van der Waals surface area (Å²) in [6, 6.07) is 12.0. The number of carbonyl (C=O) groups excluding carboxylic acids is 1. The van der Waals surface area contributed by atoms with Gasteiger partial charge in [0.15, 0.2) is 0 Å². The highest BCUT2D eigenvalue weighted by molar-refractivity contribution is 9.10. The van der Waals surface area contributed by atoms with Crippen LogP contribution in [0.3, 0.4) is 0 Å². The molecule has 0 N–H and O–H groups in total. The second kappa shape index (κ2) is 8.15. The zero-order valence-corrected chi connectivity index (χ0v) is 20.8. The fourth-order valence-electron chi connectivity index (χ4n) is 4.84. The monoisotopic (exact) mass is 517 g/mol. The number of hydrogen-bond acceptors (Lipinski definition) is 4. The van der Waals surface area contributed by atoms with Crippen molar-refractivity contribution in [2.24, 2.45) is 5.92 Å². The van der Waals surface area contributed by atoms with Crippen molar-refractivity contribution >= 4 is 43.2 Å². The van der Waals surface area contributed by atoms with Gasteiger partial charge in [-0.25, -0.2) is 8.42 Å². The molecule has 170 valence electrons. The van der Waals surface area contributed by atoms with E-state index < -0.39 is 10.0 Å². The molecule has 2 fully saturated rings. The number of nitrogens with zero attached hydrogens (tertiary/aromatic N) is 3. The van der Waals surface area contributed by atoms with E-state index in [1.54, 1.807) is 15.3 Å². The molecule has 3 aliphatic rings. The number of aryl methyl sites for hydroxylation is 1. The van der Waals surface area contributed by atoms with Gasteiger partial charge >= 0.3 is 0 Å². The van der Waals surface area contributed by atoms with Crippen LogP contribution in [0.15, 0.2) is 45.8 Å². The highest BCUT2D eigenvalue weighted by Crippen LogP contribution is 2.42. The van der Waals surface area contributed by atoms with Gasteiger partial charge in [0.1, 0.15) is 4.90 Å². The average Bonchev–Trinajstić information content (AvgIpc) is 3.53. The molecule has 5 rings (SSSR count). The Morgan fingerprint density at radius 2 is 1.78 bits per heavy atom. The Kier molecular flexibility index (Phi) is 5.58. The van der Waals surface area contributed by atoms with Gasteiger partial charge < -0.3 is 9.80 Å². The first-order chi connectivity index (χ1) is 15.3. The third-order valence-electron chi connectivity index (χ3n) is 6.76. The van der Waals surface area contributed by atoms with Crippen LogP contribution >= 0.6 is 15.9 Å². The summed E-state index contributed by atoms with van der Waals surface area (Å²) in [5, 5.41) is 0. The minimum Gasteiger partial charge on any atom is -0.366 e. The van der Waals surface area contributed by atoms with Crippen LogP contribution in [0.25, 0.3) is 0 Å². The number of hydrogen-bond donors (Lipinski definition) is 0. The van der Waals surface area contributed by atoms with Crippen LogP contribution in [0, 0.1) is 12.8 Å². The van der Waals surface area contributed by atoms with Crippen LogP contribution in [0.5, 0.6) is 0 Å². The quantitative estimate of drug-likeness (QED) is 0.615. The van der Waals surface area contributed by atoms with Crippen LogP contribution in [-0.2, 0) is 21.2 Å². The maximum absolute atomic E-state index is 13.8. The lowest BCUT2D eigenvalue weighted by atomic mass is 10.1. The van der Waals surface area contributed by atoms with Gasteiger partial charge in [-0.1, -0.05) is 33.6 Å². The number of fused-ring (bicyclic) bond motifs is 1. The second-order valence-electron chi connectivity index (χ2n) is 9.17. The van der Waals surface area contributed by atoms with Crippen LogP contribution in [0.2, 0.25) is 0 Å². The normalized spacial score (nSPS) is 21.7. The number of rotatable bonds is 4. The van der Waals surface area contributed by atoms with Crippen molar-refractivity contribution in [2.45, 2.75) is 44.0 Å². The molecule has 2 aromatic rings. The number of carbonyl (C=O) groups is 1. The molecule has 0 radical (unpaired) electrons. The van der Waals surface area contributed by atoms with E-state index in [0.29, 0.717) is 38.3 Å². The van der Waals surface area contributed by atoms with Gasteiger partial charge in [0.2, 0.25) is 15.9 Å². The molecule has 1 saturated heterocycles. The Balaban J connectivity index is 1.44. The van der Waals surface area contributed by atoms with E-state index in [0.717, 1.165) is 28.6 Å². The number of amides is 1. The predicted octanol–water partition coefficient (Wildman–Crippen LogP) is 3.96. The predicted molar refractivity (Wildman–Crippen MR) is 130 cm³/mol. The maximum Gasteiger partial charge on any atom is 0.245 e. The molecule has 1 aliphatic carbocycles. The molecular weight excluding hydrogens is 490 g/mol. The Labute approximate surface area is 198 Å². The summed E-state index contributed by atoms with van der Waals surface area (Å²) in [7, 11) is -3.74. The topological polar surface area (TPSA) is 60.9 Å². The first kappa shape index (κ1) is 21.9. The molecule has 1 amide bonds. The molecule has 2 aromatic carbocycles. The molecule has 1 saturated carbocycles. The van der Waals surface area contributed by atoms with Crippen LogP contribution in [0.4, 0.5) is 11.4 Å². The standard InChI is InChI=1S/C24H28BrN3O3S/c1-16-3-7-21(8-4-16)27-12-11-26(15-17(27)2)32(30,31)22-14-20(25)13-19-9-10-28(23(19)22)24(29)18-5-6-18/h3-4,7-8,13-14,17-18H,5-6,9-12,15H2,1-2H3/t17-/m1/s1. The van der Waals surface area contributed by atoms with Gasteiger partial charge in [-0.05, 0) is 62.9 Å². The molecule has 2 heterocycles. The Morgan fingerprint density at radius 1 is 1.06 bits per heavy atom. The molecule has 0 spiro atoms. The summed E-state index contributed by atoms with van der Waals surface area (Å²) in [4.78, 5) is 17.1. The largest absolute Gasteiger partial charge is 0.366 e. The van der Waals surface area contributed by atoms with Crippen molar-refractivity contribution in [3.63, 3.8) is 0 Å². The SMILES string of the molecule is Cc1ccc(N2CCN(S(=O)(=O)c3cc(Br)cc4c3N(C(=O)C3CC3)CC4)C[C@H]2C)cc1. The van der Waals surface area contributed by atoms with Gasteiger partial charge in [-0.15, -0.1) is 0 Å². The van der Waals surface area contributed by atoms with Crippen LogP contribution in [-0.4, -0.2) is 50.9 Å². The first-order valence-corrected chi connectivity index (χ1v) is 13.5. The summed E-state index contributed by atoms with van der Waals surface area (Å²) < 4.78 is 30.0. The number of halogens is 1. The van der Waals surface area contributed by atoms with Gasteiger partial charge in [-0.2, -0.15) is 4.31 Å². The Bertz CT molecular complexity index is 1160. The van der Waals surface area contributed by atoms with Crippen LogP contribution in [0.1, 0.15) is 30.9 Å². The van der Waals surface area contributed by atoms with E-state index in [1.807, 2.05) is 6.07 Å². The van der Waals surface area contributed by atoms with Gasteiger partial charge in [0.25, 0.3) is 0 Å².